The third kappa shape index (κ3) is 3.97. The van der Waals surface area contributed by atoms with Crippen LogP contribution in [-0.2, 0) is 4.74 Å². The number of hydrogen-bond acceptors (Lipinski definition) is 4. The molecule has 1 saturated heterocycles. The largest absolute Gasteiger partial charge is 0.497 e. The molecule has 1 fully saturated rings. The van der Waals surface area contributed by atoms with Crippen LogP contribution in [0.15, 0.2) is 18.2 Å². The van der Waals surface area contributed by atoms with E-state index in [4.69, 9.17) is 14.2 Å². The van der Waals surface area contributed by atoms with Crippen LogP contribution in [0, 0.1) is 0 Å². The second-order valence-electron chi connectivity index (χ2n) is 5.05. The number of methoxy groups -OCH3 is 2. The molecule has 0 saturated carbocycles. The standard InChI is InChI=1S/C16H22O4/c1-18-14-9-12(10-15(11-14)19-2)16(17)7-6-13-5-3-4-8-20-13/h9-11,13H,3-8H2,1-2H3. The number of ketones is 1. The number of rotatable bonds is 6. The Labute approximate surface area is 120 Å². The van der Waals surface area contributed by atoms with Crippen LogP contribution in [-0.4, -0.2) is 32.7 Å². The molecule has 0 amide bonds. The molecule has 110 valence electrons. The first-order chi connectivity index (χ1) is 9.72. The Morgan fingerprint density at radius 1 is 1.20 bits per heavy atom. The molecule has 20 heavy (non-hydrogen) atoms. The van der Waals surface area contributed by atoms with Crippen molar-refractivity contribution < 1.29 is 19.0 Å². The highest BCUT2D eigenvalue weighted by Crippen LogP contribution is 2.24. The predicted octanol–water partition coefficient (Wildman–Crippen LogP) is 3.24. The molecule has 0 bridgehead atoms. The quantitative estimate of drug-likeness (QED) is 0.749. The van der Waals surface area contributed by atoms with Gasteiger partial charge in [0.25, 0.3) is 0 Å². The molecule has 1 aromatic carbocycles. The average molecular weight is 278 g/mol. The number of carbonyl (C=O) groups excluding carboxylic acids is 1. The average Bonchev–Trinajstić information content (AvgIpc) is 2.52. The lowest BCUT2D eigenvalue weighted by Gasteiger charge is -2.22. The Bertz CT molecular complexity index is 428. The van der Waals surface area contributed by atoms with Crippen molar-refractivity contribution in [3.8, 4) is 11.5 Å². The molecule has 0 aromatic heterocycles. The van der Waals surface area contributed by atoms with Gasteiger partial charge in [0.05, 0.1) is 20.3 Å². The second kappa shape index (κ2) is 7.29. The normalized spacial score (nSPS) is 18.6. The highest BCUT2D eigenvalue weighted by atomic mass is 16.5. The summed E-state index contributed by atoms with van der Waals surface area (Å²) in [5.74, 6) is 1.39. The van der Waals surface area contributed by atoms with Gasteiger partial charge in [-0.15, -0.1) is 0 Å². The molecule has 0 aliphatic carbocycles. The maximum absolute atomic E-state index is 12.3. The van der Waals surface area contributed by atoms with E-state index in [9.17, 15) is 4.79 Å². The third-order valence-electron chi connectivity index (χ3n) is 3.64. The molecule has 0 N–H and O–H groups in total. The Morgan fingerprint density at radius 2 is 1.90 bits per heavy atom. The highest BCUT2D eigenvalue weighted by molar-refractivity contribution is 5.96. The number of Topliss-reactive ketones (excluding diaryl/α,β-unsaturated/α-hetero) is 1. The van der Waals surface area contributed by atoms with E-state index < -0.39 is 0 Å². The summed E-state index contributed by atoms with van der Waals surface area (Å²) in [4.78, 5) is 12.3. The van der Waals surface area contributed by atoms with Gasteiger partial charge in [-0.3, -0.25) is 4.79 Å². The van der Waals surface area contributed by atoms with E-state index in [0.717, 1.165) is 25.9 Å². The SMILES string of the molecule is COc1cc(OC)cc(C(=O)CCC2CCCCO2)c1. The minimum Gasteiger partial charge on any atom is -0.497 e. The van der Waals surface area contributed by atoms with Gasteiger partial charge >= 0.3 is 0 Å². The Kier molecular flexibility index (Phi) is 5.41. The van der Waals surface area contributed by atoms with Gasteiger partial charge in [0, 0.05) is 24.7 Å². The zero-order valence-corrected chi connectivity index (χ0v) is 12.2. The van der Waals surface area contributed by atoms with E-state index in [1.54, 1.807) is 32.4 Å². The maximum atomic E-state index is 12.3. The molecule has 1 heterocycles. The fraction of sp³-hybridized carbons (Fsp3) is 0.562. The van der Waals surface area contributed by atoms with Crippen LogP contribution in [0.3, 0.4) is 0 Å². The summed E-state index contributed by atoms with van der Waals surface area (Å²) in [7, 11) is 3.16. The van der Waals surface area contributed by atoms with Crippen molar-refractivity contribution in [2.75, 3.05) is 20.8 Å². The second-order valence-corrected chi connectivity index (χ2v) is 5.05. The van der Waals surface area contributed by atoms with Gasteiger partial charge in [-0.25, -0.2) is 0 Å². The van der Waals surface area contributed by atoms with E-state index in [2.05, 4.69) is 0 Å². The minimum atomic E-state index is 0.108. The van der Waals surface area contributed by atoms with Crippen LogP contribution in [0.1, 0.15) is 42.5 Å². The summed E-state index contributed by atoms with van der Waals surface area (Å²) in [5, 5.41) is 0. The first-order valence-electron chi connectivity index (χ1n) is 7.11. The third-order valence-corrected chi connectivity index (χ3v) is 3.64. The molecule has 1 aromatic rings. The molecule has 1 aliphatic rings. The number of benzene rings is 1. The smallest absolute Gasteiger partial charge is 0.163 e. The lowest BCUT2D eigenvalue weighted by Crippen LogP contribution is -2.20. The van der Waals surface area contributed by atoms with Crippen LogP contribution in [0.2, 0.25) is 0 Å². The van der Waals surface area contributed by atoms with Crippen molar-refractivity contribution in [1.29, 1.82) is 0 Å². The van der Waals surface area contributed by atoms with E-state index in [-0.39, 0.29) is 11.9 Å². The summed E-state index contributed by atoms with van der Waals surface area (Å²) >= 11 is 0. The van der Waals surface area contributed by atoms with Crippen molar-refractivity contribution in [3.63, 3.8) is 0 Å². The highest BCUT2D eigenvalue weighted by Gasteiger charge is 2.17. The van der Waals surface area contributed by atoms with E-state index in [1.807, 2.05) is 0 Å². The maximum Gasteiger partial charge on any atom is 0.163 e. The van der Waals surface area contributed by atoms with Crippen molar-refractivity contribution in [2.45, 2.75) is 38.2 Å². The van der Waals surface area contributed by atoms with Gasteiger partial charge < -0.3 is 14.2 Å². The van der Waals surface area contributed by atoms with Crippen molar-refractivity contribution in [2.24, 2.45) is 0 Å². The topological polar surface area (TPSA) is 44.8 Å². The summed E-state index contributed by atoms with van der Waals surface area (Å²) in [6.07, 6.45) is 4.93. The zero-order valence-electron chi connectivity index (χ0n) is 12.2. The lowest BCUT2D eigenvalue weighted by atomic mass is 10.00. The molecule has 1 aliphatic heterocycles. The van der Waals surface area contributed by atoms with Crippen molar-refractivity contribution in [1.82, 2.24) is 0 Å². The van der Waals surface area contributed by atoms with E-state index in [0.29, 0.717) is 23.5 Å². The van der Waals surface area contributed by atoms with Crippen LogP contribution < -0.4 is 9.47 Å². The van der Waals surface area contributed by atoms with Gasteiger partial charge in [-0.05, 0) is 37.8 Å². The summed E-state index contributed by atoms with van der Waals surface area (Å²) in [5.41, 5.74) is 0.636. The fourth-order valence-corrected chi connectivity index (χ4v) is 2.44. The molecule has 1 atom stereocenters. The minimum absolute atomic E-state index is 0.108. The lowest BCUT2D eigenvalue weighted by molar-refractivity contribution is 0.0104. The molecular weight excluding hydrogens is 256 g/mol. The summed E-state index contributed by atoms with van der Waals surface area (Å²) < 4.78 is 16.0. The molecule has 2 rings (SSSR count). The first-order valence-corrected chi connectivity index (χ1v) is 7.11. The van der Waals surface area contributed by atoms with Gasteiger partial charge in [0.2, 0.25) is 0 Å². The van der Waals surface area contributed by atoms with Crippen LogP contribution in [0.4, 0.5) is 0 Å². The van der Waals surface area contributed by atoms with Gasteiger partial charge in [0.15, 0.2) is 5.78 Å². The van der Waals surface area contributed by atoms with Gasteiger partial charge in [-0.1, -0.05) is 0 Å². The van der Waals surface area contributed by atoms with Gasteiger partial charge in [-0.2, -0.15) is 0 Å². The molecular formula is C16H22O4. The number of hydrogen-bond donors (Lipinski definition) is 0. The summed E-state index contributed by atoms with van der Waals surface area (Å²) in [6, 6.07) is 5.28. The van der Waals surface area contributed by atoms with E-state index in [1.165, 1.54) is 6.42 Å². The molecule has 4 nitrogen and oxygen atoms in total. The molecule has 4 heteroatoms. The molecule has 0 radical (unpaired) electrons. The number of ether oxygens (including phenoxy) is 3. The fourth-order valence-electron chi connectivity index (χ4n) is 2.44. The van der Waals surface area contributed by atoms with Crippen LogP contribution in [0.5, 0.6) is 11.5 Å². The predicted molar refractivity (Wildman–Crippen MR) is 76.7 cm³/mol. The first kappa shape index (κ1) is 14.9. The van der Waals surface area contributed by atoms with Crippen LogP contribution >= 0.6 is 0 Å². The van der Waals surface area contributed by atoms with Crippen LogP contribution in [0.25, 0.3) is 0 Å². The Balaban J connectivity index is 1.97. The summed E-state index contributed by atoms with van der Waals surface area (Å²) in [6.45, 7) is 0.825. The molecule has 0 spiro atoms. The van der Waals surface area contributed by atoms with Gasteiger partial charge in [0.1, 0.15) is 11.5 Å². The number of carbonyl (C=O) groups is 1. The Hall–Kier alpha value is -1.55. The zero-order chi connectivity index (χ0) is 14.4. The molecule has 1 unspecified atom stereocenters. The van der Waals surface area contributed by atoms with E-state index >= 15 is 0 Å². The van der Waals surface area contributed by atoms with Crippen molar-refractivity contribution in [3.05, 3.63) is 23.8 Å². The monoisotopic (exact) mass is 278 g/mol. The van der Waals surface area contributed by atoms with Crippen molar-refractivity contribution >= 4 is 5.78 Å². The Morgan fingerprint density at radius 3 is 2.45 bits per heavy atom.